The van der Waals surface area contributed by atoms with Gasteiger partial charge in [0.05, 0.1) is 9.82 Å². The number of phenols is 1. The van der Waals surface area contributed by atoms with E-state index in [1.54, 1.807) is 12.1 Å². The molecule has 0 spiro atoms. The molecule has 0 amide bonds. The van der Waals surface area contributed by atoms with E-state index in [0.29, 0.717) is 16.8 Å². The van der Waals surface area contributed by atoms with E-state index in [0.717, 1.165) is 6.07 Å². The van der Waals surface area contributed by atoms with Gasteiger partial charge in [-0.2, -0.15) is 0 Å². The van der Waals surface area contributed by atoms with Gasteiger partial charge in [0.1, 0.15) is 5.75 Å². The molecule has 2 aromatic carbocycles. The summed E-state index contributed by atoms with van der Waals surface area (Å²) in [6.07, 6.45) is 0. The third-order valence-corrected chi connectivity index (χ3v) is 5.70. The van der Waals surface area contributed by atoms with E-state index in [9.17, 15) is 23.6 Å². The highest BCUT2D eigenvalue weighted by molar-refractivity contribution is 7.92. The summed E-state index contributed by atoms with van der Waals surface area (Å²) in [7, 11) is -4.04. The number of aromatic hydroxyl groups is 1. The smallest absolute Gasteiger partial charge is 0.270 e. The van der Waals surface area contributed by atoms with Crippen LogP contribution in [0.25, 0.3) is 0 Å². The van der Waals surface area contributed by atoms with Crippen molar-refractivity contribution in [2.45, 2.75) is 57.3 Å². The van der Waals surface area contributed by atoms with Crippen LogP contribution in [0.4, 0.5) is 11.4 Å². The summed E-state index contributed by atoms with van der Waals surface area (Å²) in [5.41, 5.74) is 0.362. The molecule has 2 rings (SSSR count). The van der Waals surface area contributed by atoms with Gasteiger partial charge in [-0.3, -0.25) is 14.8 Å². The zero-order chi connectivity index (χ0) is 21.5. The highest BCUT2D eigenvalue weighted by atomic mass is 32.2. The Labute approximate surface area is 165 Å². The lowest BCUT2D eigenvalue weighted by Gasteiger charge is -2.28. The molecule has 0 saturated carbocycles. The summed E-state index contributed by atoms with van der Waals surface area (Å²) >= 11 is 0. The van der Waals surface area contributed by atoms with Gasteiger partial charge in [-0.1, -0.05) is 47.6 Å². The van der Waals surface area contributed by atoms with Gasteiger partial charge in [0.15, 0.2) is 0 Å². The molecular formula is C20H26N2O5S. The van der Waals surface area contributed by atoms with Crippen molar-refractivity contribution in [1.29, 1.82) is 0 Å². The quantitative estimate of drug-likeness (QED) is 0.435. The van der Waals surface area contributed by atoms with E-state index >= 15 is 0 Å². The van der Waals surface area contributed by atoms with Crippen molar-refractivity contribution in [2.75, 3.05) is 4.72 Å². The van der Waals surface area contributed by atoms with Crippen LogP contribution in [0.5, 0.6) is 5.75 Å². The fraction of sp³-hybridized carbons (Fsp3) is 0.400. The number of nitrogens with one attached hydrogen (secondary N) is 1. The van der Waals surface area contributed by atoms with Crippen LogP contribution in [0.2, 0.25) is 0 Å². The molecule has 0 saturated heterocycles. The number of nitro benzene ring substituents is 1. The molecule has 0 unspecified atom stereocenters. The lowest BCUT2D eigenvalue weighted by molar-refractivity contribution is -0.385. The number of anilines is 1. The monoisotopic (exact) mass is 406 g/mol. The Kier molecular flexibility index (Phi) is 5.49. The molecule has 0 atom stereocenters. The van der Waals surface area contributed by atoms with Crippen molar-refractivity contribution < 1.29 is 18.4 Å². The minimum Gasteiger partial charge on any atom is -0.507 e. The molecule has 8 heteroatoms. The lowest BCUT2D eigenvalue weighted by Crippen LogP contribution is -2.19. The van der Waals surface area contributed by atoms with Crippen LogP contribution in [0, 0.1) is 10.1 Å². The van der Waals surface area contributed by atoms with Gasteiger partial charge >= 0.3 is 0 Å². The molecule has 0 aliphatic heterocycles. The van der Waals surface area contributed by atoms with Gasteiger partial charge in [-0.05, 0) is 29.0 Å². The second-order valence-electron chi connectivity index (χ2n) is 8.78. The van der Waals surface area contributed by atoms with Gasteiger partial charge < -0.3 is 5.11 Å². The van der Waals surface area contributed by atoms with Crippen molar-refractivity contribution in [2.24, 2.45) is 0 Å². The summed E-state index contributed by atoms with van der Waals surface area (Å²) in [5.74, 6) is 0.137. The maximum absolute atomic E-state index is 12.8. The molecule has 2 aromatic rings. The first-order chi connectivity index (χ1) is 12.6. The summed E-state index contributed by atoms with van der Waals surface area (Å²) in [4.78, 5) is 10.1. The maximum Gasteiger partial charge on any atom is 0.270 e. The number of phenolic OH excluding ortho intramolecular Hbond substituents is 1. The first-order valence-corrected chi connectivity index (χ1v) is 10.3. The fourth-order valence-electron chi connectivity index (χ4n) is 2.82. The Balaban J connectivity index is 2.59. The van der Waals surface area contributed by atoms with Crippen molar-refractivity contribution >= 4 is 21.4 Å². The van der Waals surface area contributed by atoms with Gasteiger partial charge in [0.25, 0.3) is 15.7 Å². The minimum absolute atomic E-state index is 0.137. The van der Waals surface area contributed by atoms with E-state index in [-0.39, 0.29) is 16.3 Å². The molecule has 0 bridgehead atoms. The van der Waals surface area contributed by atoms with E-state index in [4.69, 9.17) is 0 Å². The predicted molar refractivity (Wildman–Crippen MR) is 109 cm³/mol. The van der Waals surface area contributed by atoms with Gasteiger partial charge in [-0.25, -0.2) is 8.42 Å². The molecule has 0 aliphatic carbocycles. The zero-order valence-corrected chi connectivity index (χ0v) is 17.7. The summed E-state index contributed by atoms with van der Waals surface area (Å²) in [6.45, 7) is 11.5. The number of nitrogens with zero attached hydrogens (tertiary/aromatic N) is 1. The van der Waals surface area contributed by atoms with Crippen molar-refractivity contribution in [3.8, 4) is 5.75 Å². The molecule has 0 aliphatic rings. The van der Waals surface area contributed by atoms with Gasteiger partial charge in [0, 0.05) is 28.9 Å². The second kappa shape index (κ2) is 7.09. The van der Waals surface area contributed by atoms with Crippen LogP contribution in [-0.2, 0) is 20.9 Å². The Morgan fingerprint density at radius 2 is 1.46 bits per heavy atom. The van der Waals surface area contributed by atoms with Gasteiger partial charge in [-0.15, -0.1) is 0 Å². The molecule has 2 N–H and O–H groups in total. The standard InChI is InChI=1S/C20H26N2O5S/c1-19(2,3)16-10-13(11-17(18(16)23)20(4,5)6)21-28(26,27)15-9-7-8-14(12-15)22(24)25/h7-12,21,23H,1-6H3. The Morgan fingerprint density at radius 1 is 0.964 bits per heavy atom. The van der Waals surface area contributed by atoms with Crippen LogP contribution >= 0.6 is 0 Å². The Morgan fingerprint density at radius 3 is 1.89 bits per heavy atom. The Bertz CT molecular complexity index is 981. The summed E-state index contributed by atoms with van der Waals surface area (Å²) < 4.78 is 28.1. The van der Waals surface area contributed by atoms with Crippen molar-refractivity contribution in [3.63, 3.8) is 0 Å². The highest BCUT2D eigenvalue weighted by Gasteiger charge is 2.28. The highest BCUT2D eigenvalue weighted by Crippen LogP contribution is 2.41. The fourth-order valence-corrected chi connectivity index (χ4v) is 3.89. The van der Waals surface area contributed by atoms with Crippen LogP contribution in [0.3, 0.4) is 0 Å². The average molecular weight is 407 g/mol. The Hall–Kier alpha value is -2.61. The molecule has 7 nitrogen and oxygen atoms in total. The zero-order valence-electron chi connectivity index (χ0n) is 16.9. The lowest BCUT2D eigenvalue weighted by atomic mass is 9.79. The number of benzene rings is 2. The number of sulfonamides is 1. The minimum atomic E-state index is -4.04. The number of hydrogen-bond acceptors (Lipinski definition) is 5. The van der Waals surface area contributed by atoms with Crippen LogP contribution in [-0.4, -0.2) is 18.4 Å². The second-order valence-corrected chi connectivity index (χ2v) is 10.5. The normalized spacial score (nSPS) is 12.6. The first kappa shape index (κ1) is 21.7. The molecule has 0 aromatic heterocycles. The van der Waals surface area contributed by atoms with E-state index in [2.05, 4.69) is 4.72 Å². The van der Waals surface area contributed by atoms with Crippen LogP contribution in [0.1, 0.15) is 52.7 Å². The molecule has 0 fully saturated rings. The average Bonchev–Trinajstić information content (AvgIpc) is 2.54. The van der Waals surface area contributed by atoms with Crippen molar-refractivity contribution in [3.05, 3.63) is 57.6 Å². The van der Waals surface area contributed by atoms with Crippen molar-refractivity contribution in [1.82, 2.24) is 0 Å². The third-order valence-electron chi connectivity index (χ3n) is 4.32. The van der Waals surface area contributed by atoms with E-state index in [1.807, 2.05) is 41.5 Å². The molecule has 152 valence electrons. The number of hydrogen-bond donors (Lipinski definition) is 2. The van der Waals surface area contributed by atoms with Gasteiger partial charge in [0.2, 0.25) is 0 Å². The molecule has 0 radical (unpaired) electrons. The van der Waals surface area contributed by atoms with E-state index < -0.39 is 25.8 Å². The van der Waals surface area contributed by atoms with Crippen LogP contribution < -0.4 is 4.72 Å². The van der Waals surface area contributed by atoms with Crippen LogP contribution in [0.15, 0.2) is 41.3 Å². The predicted octanol–water partition coefficient (Wildman–Crippen LogP) is 4.70. The molecule has 28 heavy (non-hydrogen) atoms. The first-order valence-electron chi connectivity index (χ1n) is 8.78. The number of non-ortho nitro benzene ring substituents is 1. The van der Waals surface area contributed by atoms with E-state index in [1.165, 1.54) is 18.2 Å². The summed E-state index contributed by atoms with van der Waals surface area (Å²) in [5, 5.41) is 21.7. The topological polar surface area (TPSA) is 110 Å². The number of nitro groups is 1. The maximum atomic E-state index is 12.8. The molecule has 0 heterocycles. The number of rotatable bonds is 4. The SMILES string of the molecule is CC(C)(C)c1cc(NS(=O)(=O)c2cccc([N+](=O)[O-])c2)cc(C(C)(C)C)c1O. The largest absolute Gasteiger partial charge is 0.507 e. The molecular weight excluding hydrogens is 380 g/mol. The summed E-state index contributed by atoms with van der Waals surface area (Å²) in [6, 6.07) is 8.06. The third kappa shape index (κ3) is 4.62.